The number of carbonyl (C=O) groups excluding carboxylic acids is 1. The maximum atomic E-state index is 11.4. The van der Waals surface area contributed by atoms with Crippen molar-refractivity contribution in [2.75, 3.05) is 13.7 Å². The number of ether oxygens (including phenoxy) is 1. The van der Waals surface area contributed by atoms with E-state index in [1.54, 1.807) is 12.1 Å². The molecule has 0 saturated carbocycles. The Balaban J connectivity index is 0.00000225. The first-order valence-electron chi connectivity index (χ1n) is 4.71. The normalized spacial score (nSPS) is 11.4. The number of methoxy groups -OCH3 is 1. The minimum atomic E-state index is -0.379. The third-order valence-corrected chi connectivity index (χ3v) is 2.14. The van der Waals surface area contributed by atoms with Gasteiger partial charge in [0, 0.05) is 6.04 Å². The Kier molecular flexibility index (Phi) is 6.72. The molecule has 0 aliphatic heterocycles. The lowest BCUT2D eigenvalue weighted by molar-refractivity contribution is 0.0599. The highest BCUT2D eigenvalue weighted by Gasteiger charge is 2.12. The molecule has 0 spiro atoms. The summed E-state index contributed by atoms with van der Waals surface area (Å²) in [6.45, 7) is -0.102. The van der Waals surface area contributed by atoms with Crippen molar-refractivity contribution >= 4 is 18.4 Å². The number of aliphatic hydroxyl groups excluding tert-OH is 1. The highest BCUT2D eigenvalue weighted by Crippen LogP contribution is 2.11. The average Bonchev–Trinajstić information content (AvgIpc) is 2.28. The second-order valence-corrected chi connectivity index (χ2v) is 3.30. The quantitative estimate of drug-likeness (QED) is 0.768. The first kappa shape index (κ1) is 14.9. The van der Waals surface area contributed by atoms with E-state index >= 15 is 0 Å². The number of benzene rings is 1. The maximum Gasteiger partial charge on any atom is 0.338 e. The number of esters is 1. The van der Waals surface area contributed by atoms with Gasteiger partial charge in [-0.15, -0.1) is 12.4 Å². The van der Waals surface area contributed by atoms with E-state index in [1.165, 1.54) is 7.11 Å². The molecule has 90 valence electrons. The summed E-state index contributed by atoms with van der Waals surface area (Å²) in [5.74, 6) is -0.379. The standard InChI is InChI=1S/C11H15NO3.ClH/c1-15-11(14)10-5-3-2-4-8(10)6-9(12)7-13;/h2-5,9,13H,6-7,12H2,1H3;1H. The molecule has 1 rings (SSSR count). The van der Waals surface area contributed by atoms with E-state index in [2.05, 4.69) is 4.74 Å². The first-order valence-corrected chi connectivity index (χ1v) is 4.71. The lowest BCUT2D eigenvalue weighted by Crippen LogP contribution is -2.27. The molecule has 1 unspecified atom stereocenters. The summed E-state index contributed by atoms with van der Waals surface area (Å²) in [5.41, 5.74) is 6.91. The Bertz CT molecular complexity index is 344. The highest BCUT2D eigenvalue weighted by atomic mass is 35.5. The number of hydrogen-bond donors (Lipinski definition) is 2. The van der Waals surface area contributed by atoms with Crippen LogP contribution in [-0.4, -0.2) is 30.8 Å². The Morgan fingerprint density at radius 3 is 2.69 bits per heavy atom. The molecule has 0 aliphatic carbocycles. The predicted octanol–water partition coefficient (Wildman–Crippen LogP) is 0.757. The van der Waals surface area contributed by atoms with Gasteiger partial charge in [0.25, 0.3) is 0 Å². The lowest BCUT2D eigenvalue weighted by Gasteiger charge is -2.11. The number of aliphatic hydroxyl groups is 1. The van der Waals surface area contributed by atoms with Crippen LogP contribution in [0, 0.1) is 0 Å². The van der Waals surface area contributed by atoms with Crippen molar-refractivity contribution in [3.8, 4) is 0 Å². The zero-order valence-electron chi connectivity index (χ0n) is 9.05. The van der Waals surface area contributed by atoms with Crippen molar-refractivity contribution < 1.29 is 14.6 Å². The van der Waals surface area contributed by atoms with Crippen LogP contribution in [0.5, 0.6) is 0 Å². The molecule has 16 heavy (non-hydrogen) atoms. The van der Waals surface area contributed by atoms with Crippen LogP contribution >= 0.6 is 12.4 Å². The van der Waals surface area contributed by atoms with Gasteiger partial charge in [-0.2, -0.15) is 0 Å². The van der Waals surface area contributed by atoms with Gasteiger partial charge in [0.15, 0.2) is 0 Å². The van der Waals surface area contributed by atoms with Crippen LogP contribution < -0.4 is 5.73 Å². The molecule has 5 heteroatoms. The van der Waals surface area contributed by atoms with Gasteiger partial charge < -0.3 is 15.6 Å². The third-order valence-electron chi connectivity index (χ3n) is 2.14. The van der Waals surface area contributed by atoms with Crippen molar-refractivity contribution in [1.29, 1.82) is 0 Å². The number of carbonyl (C=O) groups is 1. The van der Waals surface area contributed by atoms with Crippen LogP contribution in [0.1, 0.15) is 15.9 Å². The fourth-order valence-electron chi connectivity index (χ4n) is 1.35. The van der Waals surface area contributed by atoms with Crippen molar-refractivity contribution in [3.05, 3.63) is 35.4 Å². The van der Waals surface area contributed by atoms with E-state index in [0.717, 1.165) is 5.56 Å². The summed E-state index contributed by atoms with van der Waals surface area (Å²) in [7, 11) is 1.34. The number of hydrogen-bond acceptors (Lipinski definition) is 4. The zero-order valence-corrected chi connectivity index (χ0v) is 9.87. The summed E-state index contributed by atoms with van der Waals surface area (Å²) in [4.78, 5) is 11.4. The molecule has 1 aromatic rings. The van der Waals surface area contributed by atoms with Crippen LogP contribution in [0.3, 0.4) is 0 Å². The fourth-order valence-corrected chi connectivity index (χ4v) is 1.35. The minimum absolute atomic E-state index is 0. The maximum absolute atomic E-state index is 11.4. The van der Waals surface area contributed by atoms with Gasteiger partial charge in [0.1, 0.15) is 0 Å². The molecular formula is C11H16ClNO3. The average molecular weight is 246 g/mol. The topological polar surface area (TPSA) is 72.5 Å². The van der Waals surface area contributed by atoms with Crippen LogP contribution in [0.4, 0.5) is 0 Å². The van der Waals surface area contributed by atoms with Crippen molar-refractivity contribution in [2.24, 2.45) is 5.73 Å². The van der Waals surface area contributed by atoms with Gasteiger partial charge in [-0.3, -0.25) is 0 Å². The van der Waals surface area contributed by atoms with Crippen LogP contribution in [0.15, 0.2) is 24.3 Å². The monoisotopic (exact) mass is 245 g/mol. The largest absolute Gasteiger partial charge is 0.465 e. The molecule has 0 fully saturated rings. The molecule has 0 amide bonds. The van der Waals surface area contributed by atoms with E-state index in [0.29, 0.717) is 12.0 Å². The molecule has 1 atom stereocenters. The molecule has 0 radical (unpaired) electrons. The van der Waals surface area contributed by atoms with E-state index in [9.17, 15) is 4.79 Å². The van der Waals surface area contributed by atoms with Gasteiger partial charge in [-0.05, 0) is 18.1 Å². The summed E-state index contributed by atoms with van der Waals surface area (Å²) in [6, 6.07) is 6.73. The predicted molar refractivity (Wildman–Crippen MR) is 63.8 cm³/mol. The fraction of sp³-hybridized carbons (Fsp3) is 0.364. The Morgan fingerprint density at radius 1 is 1.50 bits per heavy atom. The molecule has 4 nitrogen and oxygen atoms in total. The number of halogens is 1. The van der Waals surface area contributed by atoms with Crippen molar-refractivity contribution in [1.82, 2.24) is 0 Å². The van der Waals surface area contributed by atoms with Crippen LogP contribution in [0.25, 0.3) is 0 Å². The molecule has 0 bridgehead atoms. The number of rotatable bonds is 4. The van der Waals surface area contributed by atoms with Crippen LogP contribution in [0.2, 0.25) is 0 Å². The summed E-state index contributed by atoms with van der Waals surface area (Å²) >= 11 is 0. The van der Waals surface area contributed by atoms with Gasteiger partial charge in [0.05, 0.1) is 19.3 Å². The summed E-state index contributed by atoms with van der Waals surface area (Å²) in [5, 5.41) is 8.84. The highest BCUT2D eigenvalue weighted by molar-refractivity contribution is 5.91. The Labute approximate surface area is 101 Å². The van der Waals surface area contributed by atoms with Gasteiger partial charge in [-0.1, -0.05) is 18.2 Å². The van der Waals surface area contributed by atoms with Gasteiger partial charge in [0.2, 0.25) is 0 Å². The first-order chi connectivity index (χ1) is 7.19. The van der Waals surface area contributed by atoms with Crippen LogP contribution in [-0.2, 0) is 11.2 Å². The molecule has 0 heterocycles. The Morgan fingerprint density at radius 2 is 2.12 bits per heavy atom. The van der Waals surface area contributed by atoms with Crippen molar-refractivity contribution in [3.63, 3.8) is 0 Å². The molecule has 0 aromatic heterocycles. The van der Waals surface area contributed by atoms with E-state index in [-0.39, 0.29) is 31.0 Å². The number of nitrogens with two attached hydrogens (primary N) is 1. The molecule has 3 N–H and O–H groups in total. The SMILES string of the molecule is COC(=O)c1ccccc1CC(N)CO.Cl. The molecule has 0 aliphatic rings. The summed E-state index contributed by atoms with van der Waals surface area (Å²) in [6.07, 6.45) is 0.460. The third kappa shape index (κ3) is 3.81. The smallest absolute Gasteiger partial charge is 0.338 e. The Hall–Kier alpha value is -1.10. The summed E-state index contributed by atoms with van der Waals surface area (Å²) < 4.78 is 4.65. The second kappa shape index (κ2) is 7.22. The van der Waals surface area contributed by atoms with Gasteiger partial charge in [-0.25, -0.2) is 4.79 Å². The van der Waals surface area contributed by atoms with Crippen molar-refractivity contribution in [2.45, 2.75) is 12.5 Å². The lowest BCUT2D eigenvalue weighted by atomic mass is 10.0. The second-order valence-electron chi connectivity index (χ2n) is 3.30. The van der Waals surface area contributed by atoms with E-state index in [4.69, 9.17) is 10.8 Å². The minimum Gasteiger partial charge on any atom is -0.465 e. The zero-order chi connectivity index (χ0) is 11.3. The molecule has 1 aromatic carbocycles. The van der Waals surface area contributed by atoms with E-state index in [1.807, 2.05) is 12.1 Å². The molecule has 0 saturated heterocycles. The molecular weight excluding hydrogens is 230 g/mol. The van der Waals surface area contributed by atoms with E-state index < -0.39 is 0 Å². The van der Waals surface area contributed by atoms with Gasteiger partial charge >= 0.3 is 5.97 Å².